The van der Waals surface area contributed by atoms with E-state index in [1.165, 1.54) is 0 Å². The van der Waals surface area contributed by atoms with Crippen LogP contribution in [0.15, 0.2) is 16.6 Å². The quantitative estimate of drug-likeness (QED) is 0.482. The van der Waals surface area contributed by atoms with Gasteiger partial charge in [0, 0.05) is 37.8 Å². The molecule has 18 heavy (non-hydrogen) atoms. The Bertz CT molecular complexity index is 449. The first kappa shape index (κ1) is 12.7. The highest BCUT2D eigenvalue weighted by Crippen LogP contribution is 2.18. The molecular weight excluding hydrogens is 246 g/mol. The molecular formula is C12H17N5S. The molecule has 1 saturated heterocycles. The van der Waals surface area contributed by atoms with Gasteiger partial charge in [-0.15, -0.1) is 17.3 Å². The molecule has 0 aliphatic carbocycles. The fourth-order valence-corrected chi connectivity index (χ4v) is 2.50. The van der Waals surface area contributed by atoms with Gasteiger partial charge in [0.2, 0.25) is 0 Å². The van der Waals surface area contributed by atoms with Crippen molar-refractivity contribution < 1.29 is 0 Å². The van der Waals surface area contributed by atoms with Crippen LogP contribution in [-0.2, 0) is 0 Å². The van der Waals surface area contributed by atoms with Gasteiger partial charge in [0.05, 0.1) is 0 Å². The summed E-state index contributed by atoms with van der Waals surface area (Å²) in [6, 6.07) is 0. The normalized spacial score (nSPS) is 16.4. The van der Waals surface area contributed by atoms with E-state index >= 15 is 0 Å². The summed E-state index contributed by atoms with van der Waals surface area (Å²) in [6.45, 7) is 5.92. The van der Waals surface area contributed by atoms with E-state index in [2.05, 4.69) is 31.6 Å². The lowest BCUT2D eigenvalue weighted by Crippen LogP contribution is -2.51. The van der Waals surface area contributed by atoms with E-state index in [4.69, 9.17) is 5.73 Å². The first-order chi connectivity index (χ1) is 8.81. The molecule has 0 aromatic carbocycles. The molecule has 5 nitrogen and oxygen atoms in total. The fourth-order valence-electron chi connectivity index (χ4n) is 1.80. The number of aromatic nitrogens is 1. The molecule has 6 heteroatoms. The second kappa shape index (κ2) is 6.26. The van der Waals surface area contributed by atoms with Gasteiger partial charge in [-0.1, -0.05) is 5.92 Å². The molecule has 1 aliphatic rings. The van der Waals surface area contributed by atoms with E-state index < -0.39 is 0 Å². The smallest absolute Gasteiger partial charge is 0.192 e. The number of aliphatic imine (C=N–C) groups is 1. The highest BCUT2D eigenvalue weighted by Gasteiger charge is 2.19. The van der Waals surface area contributed by atoms with Crippen LogP contribution in [0.5, 0.6) is 0 Å². The number of hydrogen-bond acceptors (Lipinski definition) is 4. The highest BCUT2D eigenvalue weighted by molar-refractivity contribution is 7.13. The molecule has 1 aromatic heterocycles. The zero-order valence-electron chi connectivity index (χ0n) is 10.5. The molecule has 2 heterocycles. The van der Waals surface area contributed by atoms with E-state index in [9.17, 15) is 0 Å². The van der Waals surface area contributed by atoms with Crippen molar-refractivity contribution >= 4 is 22.4 Å². The van der Waals surface area contributed by atoms with Crippen LogP contribution in [0.1, 0.15) is 6.92 Å². The van der Waals surface area contributed by atoms with Crippen LogP contribution in [0, 0.1) is 11.8 Å². The van der Waals surface area contributed by atoms with Crippen molar-refractivity contribution in [3.63, 3.8) is 0 Å². The maximum atomic E-state index is 5.93. The van der Waals surface area contributed by atoms with Crippen LogP contribution in [-0.4, -0.2) is 48.6 Å². The SMILES string of the molecule is CC#CCN=C(N)N1CCN(c2nccs2)CC1. The van der Waals surface area contributed by atoms with Crippen LogP contribution in [0.2, 0.25) is 0 Å². The minimum atomic E-state index is 0.481. The van der Waals surface area contributed by atoms with Crippen molar-refractivity contribution in [3.8, 4) is 11.8 Å². The van der Waals surface area contributed by atoms with E-state index in [1.54, 1.807) is 18.3 Å². The van der Waals surface area contributed by atoms with Gasteiger partial charge in [0.15, 0.2) is 11.1 Å². The zero-order chi connectivity index (χ0) is 12.8. The number of rotatable bonds is 2. The van der Waals surface area contributed by atoms with Gasteiger partial charge in [0.25, 0.3) is 0 Å². The third-order valence-corrected chi connectivity index (χ3v) is 3.62. The van der Waals surface area contributed by atoms with Gasteiger partial charge in [-0.2, -0.15) is 0 Å². The molecule has 1 aliphatic heterocycles. The number of anilines is 1. The van der Waals surface area contributed by atoms with E-state index in [-0.39, 0.29) is 0 Å². The molecule has 0 radical (unpaired) electrons. The van der Waals surface area contributed by atoms with Crippen LogP contribution < -0.4 is 10.6 Å². The topological polar surface area (TPSA) is 57.8 Å². The molecule has 1 fully saturated rings. The Morgan fingerprint density at radius 3 is 2.89 bits per heavy atom. The monoisotopic (exact) mass is 263 g/mol. The summed E-state index contributed by atoms with van der Waals surface area (Å²) >= 11 is 1.67. The first-order valence-corrected chi connectivity index (χ1v) is 6.78. The maximum Gasteiger partial charge on any atom is 0.192 e. The summed E-state index contributed by atoms with van der Waals surface area (Å²) < 4.78 is 0. The van der Waals surface area contributed by atoms with Gasteiger partial charge in [-0.3, -0.25) is 0 Å². The van der Waals surface area contributed by atoms with Gasteiger partial charge < -0.3 is 15.5 Å². The molecule has 96 valence electrons. The molecule has 0 bridgehead atoms. The highest BCUT2D eigenvalue weighted by atomic mass is 32.1. The fraction of sp³-hybridized carbons (Fsp3) is 0.500. The second-order valence-electron chi connectivity index (χ2n) is 3.89. The van der Waals surface area contributed by atoms with Crippen molar-refractivity contribution in [3.05, 3.63) is 11.6 Å². The maximum absolute atomic E-state index is 5.93. The van der Waals surface area contributed by atoms with Crippen LogP contribution >= 0.6 is 11.3 Å². The summed E-state index contributed by atoms with van der Waals surface area (Å²) in [7, 11) is 0. The largest absolute Gasteiger partial charge is 0.370 e. The molecule has 0 amide bonds. The summed E-state index contributed by atoms with van der Waals surface area (Å²) in [5.74, 6) is 6.29. The third-order valence-electron chi connectivity index (χ3n) is 2.79. The van der Waals surface area contributed by atoms with E-state index in [0.717, 1.165) is 31.3 Å². The van der Waals surface area contributed by atoms with Crippen molar-refractivity contribution in [2.75, 3.05) is 37.6 Å². The van der Waals surface area contributed by atoms with E-state index in [1.807, 2.05) is 11.6 Å². The lowest BCUT2D eigenvalue weighted by molar-refractivity contribution is 0.381. The Balaban J connectivity index is 1.86. The number of thiazole rings is 1. The zero-order valence-corrected chi connectivity index (χ0v) is 11.3. The van der Waals surface area contributed by atoms with Crippen molar-refractivity contribution in [1.29, 1.82) is 0 Å². The average molecular weight is 263 g/mol. The van der Waals surface area contributed by atoms with Gasteiger partial charge in [-0.25, -0.2) is 9.98 Å². The predicted molar refractivity (Wildman–Crippen MR) is 75.8 cm³/mol. The molecule has 0 unspecified atom stereocenters. The van der Waals surface area contributed by atoms with Crippen LogP contribution in [0.3, 0.4) is 0 Å². The van der Waals surface area contributed by atoms with Gasteiger partial charge >= 0.3 is 0 Å². The standard InChI is InChI=1S/C12H17N5S/c1-2-3-4-14-11(13)16-6-8-17(9-7-16)12-15-5-10-18-12/h5,10H,4,6-9H2,1H3,(H2,13,14). The Kier molecular flexibility index (Phi) is 4.42. The lowest BCUT2D eigenvalue weighted by Gasteiger charge is -2.35. The number of piperazine rings is 1. The van der Waals surface area contributed by atoms with Crippen LogP contribution in [0.4, 0.5) is 5.13 Å². The molecule has 0 spiro atoms. The molecule has 2 rings (SSSR count). The Morgan fingerprint density at radius 2 is 2.28 bits per heavy atom. The molecule has 0 saturated carbocycles. The number of nitrogens with two attached hydrogens (primary N) is 1. The summed E-state index contributed by atoms with van der Waals surface area (Å²) in [5.41, 5.74) is 5.93. The number of hydrogen-bond donors (Lipinski definition) is 1. The molecule has 0 atom stereocenters. The van der Waals surface area contributed by atoms with Gasteiger partial charge in [-0.05, 0) is 6.92 Å². The van der Waals surface area contributed by atoms with Crippen molar-refractivity contribution in [2.24, 2.45) is 10.7 Å². The van der Waals surface area contributed by atoms with E-state index in [0.29, 0.717) is 12.5 Å². The average Bonchev–Trinajstić information content (AvgIpc) is 2.93. The van der Waals surface area contributed by atoms with Crippen molar-refractivity contribution in [1.82, 2.24) is 9.88 Å². The molecule has 2 N–H and O–H groups in total. The Hall–Kier alpha value is -1.74. The minimum Gasteiger partial charge on any atom is -0.370 e. The second-order valence-corrected chi connectivity index (χ2v) is 4.76. The summed E-state index contributed by atoms with van der Waals surface area (Å²) in [5, 5.41) is 3.09. The van der Waals surface area contributed by atoms with Crippen LogP contribution in [0.25, 0.3) is 0 Å². The minimum absolute atomic E-state index is 0.481. The summed E-state index contributed by atoms with van der Waals surface area (Å²) in [4.78, 5) is 12.9. The predicted octanol–water partition coefficient (Wildman–Crippen LogP) is 0.603. The number of guanidine groups is 1. The summed E-state index contributed by atoms with van der Waals surface area (Å²) in [6.07, 6.45) is 1.84. The first-order valence-electron chi connectivity index (χ1n) is 5.90. The molecule has 1 aromatic rings. The van der Waals surface area contributed by atoms with Gasteiger partial charge in [0.1, 0.15) is 6.54 Å². The third kappa shape index (κ3) is 3.14. The Labute approximate surface area is 111 Å². The van der Waals surface area contributed by atoms with Crippen molar-refractivity contribution in [2.45, 2.75) is 6.92 Å². The lowest BCUT2D eigenvalue weighted by atomic mass is 10.3. The Morgan fingerprint density at radius 1 is 1.50 bits per heavy atom. The number of nitrogens with zero attached hydrogens (tertiary/aromatic N) is 4.